The average molecular weight is 306 g/mol. The summed E-state index contributed by atoms with van der Waals surface area (Å²) in [5, 5.41) is 6.72. The number of aryl methyl sites for hydroxylation is 2. The summed E-state index contributed by atoms with van der Waals surface area (Å²) in [5.74, 6) is 0.789. The topological polar surface area (TPSA) is 78.7 Å². The van der Waals surface area contributed by atoms with Crippen molar-refractivity contribution in [2.45, 2.75) is 39.2 Å². The fourth-order valence-electron chi connectivity index (χ4n) is 3.29. The number of piperidine rings is 1. The minimum atomic E-state index is -0.00924. The largest absolute Gasteiger partial charge is 0.361 e. The van der Waals surface area contributed by atoms with Gasteiger partial charge in [-0.05, 0) is 26.7 Å². The standard InChI is InChI=1S/C15H22N4O3/c1-10-13(11(2)22-17-10)8-14(20)18-6-3-4-12(9-18)19-7-5-16-15(19)21/h12H,3-9H2,1-2H3,(H,16,21)/t12-/m0/s1. The number of carbonyl (C=O) groups excluding carboxylic acids is 2. The lowest BCUT2D eigenvalue weighted by atomic mass is 10.0. The maximum absolute atomic E-state index is 12.5. The first-order valence-corrected chi connectivity index (χ1v) is 7.80. The molecule has 0 saturated carbocycles. The Bertz CT molecular complexity index is 564. The predicted molar refractivity (Wildman–Crippen MR) is 79.4 cm³/mol. The monoisotopic (exact) mass is 306 g/mol. The lowest BCUT2D eigenvalue weighted by Crippen LogP contribution is -2.51. The quantitative estimate of drug-likeness (QED) is 0.898. The maximum Gasteiger partial charge on any atom is 0.317 e. The Morgan fingerprint density at radius 2 is 2.23 bits per heavy atom. The van der Waals surface area contributed by atoms with Crippen LogP contribution in [0.25, 0.3) is 0 Å². The number of nitrogens with one attached hydrogen (secondary N) is 1. The van der Waals surface area contributed by atoms with E-state index in [0.717, 1.165) is 37.2 Å². The Labute approximate surface area is 129 Å². The first-order chi connectivity index (χ1) is 10.6. The Kier molecular flexibility index (Phi) is 4.04. The van der Waals surface area contributed by atoms with Gasteiger partial charge in [0.25, 0.3) is 0 Å². The van der Waals surface area contributed by atoms with Crippen molar-refractivity contribution in [1.82, 2.24) is 20.3 Å². The Morgan fingerprint density at radius 1 is 1.41 bits per heavy atom. The van der Waals surface area contributed by atoms with Crippen molar-refractivity contribution in [2.75, 3.05) is 26.2 Å². The second-order valence-electron chi connectivity index (χ2n) is 6.04. The molecule has 2 aliphatic rings. The number of urea groups is 1. The minimum absolute atomic E-state index is 0.00924. The molecule has 0 bridgehead atoms. The van der Waals surface area contributed by atoms with Crippen molar-refractivity contribution in [3.63, 3.8) is 0 Å². The van der Waals surface area contributed by atoms with Gasteiger partial charge in [0.15, 0.2) is 0 Å². The van der Waals surface area contributed by atoms with E-state index in [-0.39, 0.29) is 18.0 Å². The van der Waals surface area contributed by atoms with Crippen molar-refractivity contribution < 1.29 is 14.1 Å². The molecule has 1 aromatic heterocycles. The zero-order valence-corrected chi connectivity index (χ0v) is 13.1. The fraction of sp³-hybridized carbons (Fsp3) is 0.667. The van der Waals surface area contributed by atoms with Gasteiger partial charge in [-0.1, -0.05) is 5.16 Å². The predicted octanol–water partition coefficient (Wildman–Crippen LogP) is 0.850. The first kappa shape index (κ1) is 14.9. The fourth-order valence-corrected chi connectivity index (χ4v) is 3.29. The van der Waals surface area contributed by atoms with Crippen molar-refractivity contribution in [3.8, 4) is 0 Å². The highest BCUT2D eigenvalue weighted by molar-refractivity contribution is 5.80. The molecule has 7 heteroatoms. The third-order valence-corrected chi connectivity index (χ3v) is 4.59. The van der Waals surface area contributed by atoms with Crippen LogP contribution in [0.15, 0.2) is 4.52 Å². The Hall–Kier alpha value is -2.05. The highest BCUT2D eigenvalue weighted by Crippen LogP contribution is 2.20. The van der Waals surface area contributed by atoms with Gasteiger partial charge in [0.2, 0.25) is 5.91 Å². The van der Waals surface area contributed by atoms with E-state index in [1.54, 1.807) is 0 Å². The molecule has 0 radical (unpaired) electrons. The van der Waals surface area contributed by atoms with E-state index in [1.807, 2.05) is 23.6 Å². The third-order valence-electron chi connectivity index (χ3n) is 4.59. The van der Waals surface area contributed by atoms with Crippen LogP contribution in [0.1, 0.15) is 29.9 Å². The van der Waals surface area contributed by atoms with Gasteiger partial charge in [-0.3, -0.25) is 4.79 Å². The SMILES string of the molecule is Cc1noc(C)c1CC(=O)N1CCC[C@H](N2CCNC2=O)C1. The molecule has 1 atom stereocenters. The van der Waals surface area contributed by atoms with Crippen LogP contribution in [0.2, 0.25) is 0 Å². The summed E-state index contributed by atoms with van der Waals surface area (Å²) in [6, 6.07) is 0.120. The first-order valence-electron chi connectivity index (χ1n) is 7.80. The molecule has 1 N–H and O–H groups in total. The second kappa shape index (κ2) is 5.98. The molecule has 3 heterocycles. The molecule has 3 amide bonds. The summed E-state index contributed by atoms with van der Waals surface area (Å²) in [4.78, 5) is 28.1. The summed E-state index contributed by atoms with van der Waals surface area (Å²) in [5.41, 5.74) is 1.66. The second-order valence-corrected chi connectivity index (χ2v) is 6.04. The number of nitrogens with zero attached hydrogens (tertiary/aromatic N) is 3. The maximum atomic E-state index is 12.5. The molecule has 7 nitrogen and oxygen atoms in total. The number of aromatic nitrogens is 1. The lowest BCUT2D eigenvalue weighted by Gasteiger charge is -2.37. The van der Waals surface area contributed by atoms with E-state index in [4.69, 9.17) is 4.52 Å². The number of likely N-dealkylation sites (tertiary alicyclic amines) is 1. The van der Waals surface area contributed by atoms with Crippen LogP contribution >= 0.6 is 0 Å². The van der Waals surface area contributed by atoms with E-state index in [1.165, 1.54) is 0 Å². The van der Waals surface area contributed by atoms with Crippen molar-refractivity contribution in [2.24, 2.45) is 0 Å². The van der Waals surface area contributed by atoms with Gasteiger partial charge in [0, 0.05) is 31.7 Å². The van der Waals surface area contributed by atoms with Gasteiger partial charge in [0.1, 0.15) is 5.76 Å². The highest BCUT2D eigenvalue weighted by atomic mass is 16.5. The summed E-state index contributed by atoms with van der Waals surface area (Å²) in [6.45, 7) is 6.49. The third kappa shape index (κ3) is 2.80. The molecule has 3 rings (SSSR count). The molecule has 120 valence electrons. The van der Waals surface area contributed by atoms with Crippen molar-refractivity contribution in [3.05, 3.63) is 17.0 Å². The van der Waals surface area contributed by atoms with Gasteiger partial charge in [-0.15, -0.1) is 0 Å². The van der Waals surface area contributed by atoms with Crippen LogP contribution in [0, 0.1) is 13.8 Å². The van der Waals surface area contributed by atoms with Gasteiger partial charge in [-0.2, -0.15) is 0 Å². The van der Waals surface area contributed by atoms with E-state index >= 15 is 0 Å². The lowest BCUT2D eigenvalue weighted by molar-refractivity contribution is -0.132. The molecule has 2 aliphatic heterocycles. The molecular formula is C15H22N4O3. The van der Waals surface area contributed by atoms with Crippen molar-refractivity contribution in [1.29, 1.82) is 0 Å². The number of carbonyl (C=O) groups is 2. The average Bonchev–Trinajstić information content (AvgIpc) is 3.08. The van der Waals surface area contributed by atoms with Gasteiger partial charge in [-0.25, -0.2) is 4.79 Å². The molecule has 1 aromatic rings. The van der Waals surface area contributed by atoms with Crippen LogP contribution < -0.4 is 5.32 Å². The van der Waals surface area contributed by atoms with Crippen LogP contribution in [-0.2, 0) is 11.2 Å². The van der Waals surface area contributed by atoms with E-state index in [9.17, 15) is 9.59 Å². The molecule has 22 heavy (non-hydrogen) atoms. The smallest absolute Gasteiger partial charge is 0.317 e. The van der Waals surface area contributed by atoms with Crippen LogP contribution in [0.3, 0.4) is 0 Å². The highest BCUT2D eigenvalue weighted by Gasteiger charge is 2.33. The van der Waals surface area contributed by atoms with Crippen LogP contribution in [0.4, 0.5) is 4.79 Å². The number of hydrogen-bond acceptors (Lipinski definition) is 4. The van der Waals surface area contributed by atoms with Crippen LogP contribution in [0.5, 0.6) is 0 Å². The molecule has 2 fully saturated rings. The van der Waals surface area contributed by atoms with Gasteiger partial charge < -0.3 is 19.6 Å². The molecule has 0 unspecified atom stereocenters. The van der Waals surface area contributed by atoms with E-state index < -0.39 is 0 Å². The van der Waals surface area contributed by atoms with E-state index in [0.29, 0.717) is 25.3 Å². The Morgan fingerprint density at radius 3 is 2.86 bits per heavy atom. The molecular weight excluding hydrogens is 284 g/mol. The zero-order chi connectivity index (χ0) is 15.7. The number of rotatable bonds is 3. The summed E-state index contributed by atoms with van der Waals surface area (Å²) in [6.07, 6.45) is 2.21. The van der Waals surface area contributed by atoms with Crippen molar-refractivity contribution >= 4 is 11.9 Å². The molecule has 0 aromatic carbocycles. The molecule has 2 saturated heterocycles. The van der Waals surface area contributed by atoms with E-state index in [2.05, 4.69) is 10.5 Å². The van der Waals surface area contributed by atoms with Crippen LogP contribution in [-0.4, -0.2) is 59.1 Å². The Balaban J connectivity index is 1.64. The summed E-state index contributed by atoms with van der Waals surface area (Å²) >= 11 is 0. The minimum Gasteiger partial charge on any atom is -0.361 e. The van der Waals surface area contributed by atoms with Gasteiger partial charge >= 0.3 is 6.03 Å². The normalized spacial score (nSPS) is 22.1. The molecule has 0 spiro atoms. The molecule has 0 aliphatic carbocycles. The summed E-state index contributed by atoms with van der Waals surface area (Å²) < 4.78 is 5.12. The summed E-state index contributed by atoms with van der Waals surface area (Å²) in [7, 11) is 0. The number of amides is 3. The number of hydrogen-bond donors (Lipinski definition) is 1. The zero-order valence-electron chi connectivity index (χ0n) is 13.1. The van der Waals surface area contributed by atoms with Gasteiger partial charge in [0.05, 0.1) is 18.2 Å².